The summed E-state index contributed by atoms with van der Waals surface area (Å²) in [6.07, 6.45) is 4.50. The van der Waals surface area contributed by atoms with E-state index in [1.807, 2.05) is 67.6 Å². The van der Waals surface area contributed by atoms with Crippen molar-refractivity contribution >= 4 is 12.1 Å². The summed E-state index contributed by atoms with van der Waals surface area (Å²) in [6, 6.07) is 24.1. The second-order valence-electron chi connectivity index (χ2n) is 6.94. The molecule has 27 heavy (non-hydrogen) atoms. The maximum atomic E-state index is 12.1. The van der Waals surface area contributed by atoms with E-state index in [0.29, 0.717) is 6.54 Å². The number of aldehydes is 1. The van der Waals surface area contributed by atoms with Crippen LogP contribution in [0.1, 0.15) is 29.7 Å². The Morgan fingerprint density at radius 1 is 0.963 bits per heavy atom. The minimum atomic E-state index is -0.860. The van der Waals surface area contributed by atoms with E-state index in [1.165, 1.54) is 5.56 Å². The van der Waals surface area contributed by atoms with Crippen LogP contribution >= 0.6 is 0 Å². The van der Waals surface area contributed by atoms with Gasteiger partial charge in [-0.2, -0.15) is 0 Å². The number of nitrogens with zero attached hydrogens (tertiary/aromatic N) is 3. The summed E-state index contributed by atoms with van der Waals surface area (Å²) >= 11 is 0. The Morgan fingerprint density at radius 2 is 1.59 bits per heavy atom. The first-order chi connectivity index (χ1) is 13.2. The van der Waals surface area contributed by atoms with Crippen molar-refractivity contribution < 1.29 is 4.79 Å². The van der Waals surface area contributed by atoms with Crippen molar-refractivity contribution in [2.75, 3.05) is 0 Å². The second kappa shape index (κ2) is 7.16. The molecule has 1 aromatic heterocycles. The van der Waals surface area contributed by atoms with Gasteiger partial charge in [0.2, 0.25) is 0 Å². The molecule has 0 saturated carbocycles. The molecule has 0 fully saturated rings. The highest BCUT2D eigenvalue weighted by Crippen LogP contribution is 2.41. The molecule has 0 amide bonds. The monoisotopic (exact) mass is 355 g/mol. The molecular formula is C23H21N3O. The lowest BCUT2D eigenvalue weighted by molar-refractivity contribution is -0.112. The molecule has 2 atom stereocenters. The van der Waals surface area contributed by atoms with Gasteiger partial charge < -0.3 is 9.69 Å². The standard InChI is InChI=1S/C23H21N3O/c1-23(17-27)21(19-12-14-24-15-13-19)26(16-18-8-4-2-5-9-18)22(25-23)20-10-6-3-7-11-20/h2-15,17,21H,16H2,1H3/t21-,23+/m0/s1. The molecule has 0 radical (unpaired) electrons. The minimum Gasteiger partial charge on any atom is -0.342 e. The van der Waals surface area contributed by atoms with Crippen molar-refractivity contribution in [1.82, 2.24) is 9.88 Å². The summed E-state index contributed by atoms with van der Waals surface area (Å²) in [7, 11) is 0. The Bertz CT molecular complexity index is 941. The average Bonchev–Trinajstić information content (AvgIpc) is 3.03. The lowest BCUT2D eigenvalue weighted by atomic mass is 9.89. The lowest BCUT2D eigenvalue weighted by Gasteiger charge is -2.33. The largest absolute Gasteiger partial charge is 0.342 e. The molecule has 4 heteroatoms. The fraction of sp³-hybridized carbons (Fsp3) is 0.174. The molecule has 4 nitrogen and oxygen atoms in total. The summed E-state index contributed by atoms with van der Waals surface area (Å²) in [5.41, 5.74) is 2.36. The normalized spacial score (nSPS) is 21.7. The minimum absolute atomic E-state index is 0.187. The Kier molecular flexibility index (Phi) is 4.55. The van der Waals surface area contributed by atoms with Gasteiger partial charge >= 0.3 is 0 Å². The third-order valence-electron chi connectivity index (χ3n) is 4.97. The maximum Gasteiger partial charge on any atom is 0.149 e. The molecule has 2 heterocycles. The molecule has 3 aromatic rings. The molecule has 1 aliphatic rings. The van der Waals surface area contributed by atoms with Crippen LogP contribution in [0.25, 0.3) is 0 Å². The van der Waals surface area contributed by atoms with Gasteiger partial charge in [0.25, 0.3) is 0 Å². The summed E-state index contributed by atoms with van der Waals surface area (Å²) < 4.78 is 0. The lowest BCUT2D eigenvalue weighted by Crippen LogP contribution is -2.39. The SMILES string of the molecule is C[C@]1(C=O)N=C(c2ccccc2)N(Cc2ccccc2)[C@H]1c1ccncc1. The highest BCUT2D eigenvalue weighted by atomic mass is 16.1. The highest BCUT2D eigenvalue weighted by Gasteiger charge is 2.46. The number of pyridine rings is 1. The third-order valence-corrected chi connectivity index (χ3v) is 4.97. The maximum absolute atomic E-state index is 12.1. The molecule has 0 unspecified atom stereocenters. The molecule has 0 saturated heterocycles. The van der Waals surface area contributed by atoms with Crippen molar-refractivity contribution in [1.29, 1.82) is 0 Å². The van der Waals surface area contributed by atoms with Gasteiger partial charge in [-0.25, -0.2) is 0 Å². The number of hydrogen-bond donors (Lipinski definition) is 0. The quantitative estimate of drug-likeness (QED) is 0.649. The van der Waals surface area contributed by atoms with Crippen molar-refractivity contribution in [2.24, 2.45) is 4.99 Å². The Balaban J connectivity index is 1.84. The first-order valence-electron chi connectivity index (χ1n) is 9.03. The van der Waals surface area contributed by atoms with Crippen LogP contribution in [0, 0.1) is 0 Å². The van der Waals surface area contributed by atoms with Gasteiger partial charge in [0.1, 0.15) is 17.7 Å². The number of aliphatic imine (C=N–C) groups is 1. The van der Waals surface area contributed by atoms with E-state index in [-0.39, 0.29) is 6.04 Å². The van der Waals surface area contributed by atoms with Crippen LogP contribution in [0.4, 0.5) is 0 Å². The van der Waals surface area contributed by atoms with Crippen molar-refractivity contribution in [3.8, 4) is 0 Å². The van der Waals surface area contributed by atoms with Crippen LogP contribution in [-0.2, 0) is 11.3 Å². The third kappa shape index (κ3) is 3.26. The predicted molar refractivity (Wildman–Crippen MR) is 106 cm³/mol. The van der Waals surface area contributed by atoms with E-state index < -0.39 is 5.54 Å². The van der Waals surface area contributed by atoms with E-state index in [1.54, 1.807) is 12.4 Å². The smallest absolute Gasteiger partial charge is 0.149 e. The zero-order valence-corrected chi connectivity index (χ0v) is 15.2. The summed E-state index contributed by atoms with van der Waals surface area (Å²) in [4.78, 5) is 23.4. The van der Waals surface area contributed by atoms with E-state index in [0.717, 1.165) is 23.2 Å². The predicted octanol–water partition coefficient (Wildman–Crippen LogP) is 4.04. The number of carbonyl (C=O) groups excluding carboxylic acids is 1. The molecule has 134 valence electrons. The van der Waals surface area contributed by atoms with Gasteiger partial charge in [-0.1, -0.05) is 60.7 Å². The first kappa shape index (κ1) is 17.2. The van der Waals surface area contributed by atoms with E-state index in [9.17, 15) is 4.79 Å². The van der Waals surface area contributed by atoms with Crippen LogP contribution in [0.2, 0.25) is 0 Å². The number of aromatic nitrogens is 1. The van der Waals surface area contributed by atoms with Gasteiger partial charge in [0.05, 0.1) is 6.04 Å². The molecule has 1 aliphatic heterocycles. The number of carbonyl (C=O) groups is 1. The van der Waals surface area contributed by atoms with Crippen LogP contribution in [0.5, 0.6) is 0 Å². The first-order valence-corrected chi connectivity index (χ1v) is 9.03. The zero-order chi connectivity index (χ0) is 18.7. The van der Waals surface area contributed by atoms with E-state index >= 15 is 0 Å². The van der Waals surface area contributed by atoms with Crippen LogP contribution < -0.4 is 0 Å². The van der Waals surface area contributed by atoms with Gasteiger partial charge in [-0.05, 0) is 30.2 Å². The Hall–Kier alpha value is -3.27. The van der Waals surface area contributed by atoms with Crippen LogP contribution in [0.3, 0.4) is 0 Å². The van der Waals surface area contributed by atoms with E-state index in [2.05, 4.69) is 22.0 Å². The molecule has 4 rings (SSSR count). The molecule has 2 aromatic carbocycles. The molecule has 0 N–H and O–H groups in total. The number of benzene rings is 2. The summed E-state index contributed by atoms with van der Waals surface area (Å²) in [5.74, 6) is 0.843. The summed E-state index contributed by atoms with van der Waals surface area (Å²) in [5, 5.41) is 0. The summed E-state index contributed by atoms with van der Waals surface area (Å²) in [6.45, 7) is 2.57. The van der Waals surface area contributed by atoms with Gasteiger partial charge in [0.15, 0.2) is 0 Å². The number of amidine groups is 1. The molecule has 0 bridgehead atoms. The highest BCUT2D eigenvalue weighted by molar-refractivity contribution is 6.02. The number of hydrogen-bond acceptors (Lipinski definition) is 4. The van der Waals surface area contributed by atoms with Crippen molar-refractivity contribution in [2.45, 2.75) is 25.0 Å². The van der Waals surface area contributed by atoms with Gasteiger partial charge in [-0.15, -0.1) is 0 Å². The molecule has 0 spiro atoms. The van der Waals surface area contributed by atoms with Crippen molar-refractivity contribution in [3.63, 3.8) is 0 Å². The van der Waals surface area contributed by atoms with E-state index in [4.69, 9.17) is 4.99 Å². The molecule has 0 aliphatic carbocycles. The second-order valence-corrected chi connectivity index (χ2v) is 6.94. The molecular weight excluding hydrogens is 334 g/mol. The Morgan fingerprint density at radius 3 is 2.22 bits per heavy atom. The van der Waals surface area contributed by atoms with Crippen molar-refractivity contribution in [3.05, 3.63) is 102 Å². The van der Waals surface area contributed by atoms with Crippen LogP contribution in [0.15, 0.2) is 90.2 Å². The van der Waals surface area contributed by atoms with Gasteiger partial charge in [-0.3, -0.25) is 9.98 Å². The van der Waals surface area contributed by atoms with Crippen LogP contribution in [-0.4, -0.2) is 27.5 Å². The zero-order valence-electron chi connectivity index (χ0n) is 15.2. The topological polar surface area (TPSA) is 45.6 Å². The fourth-order valence-corrected chi connectivity index (χ4v) is 3.71. The average molecular weight is 355 g/mol. The number of rotatable bonds is 5. The van der Waals surface area contributed by atoms with Gasteiger partial charge in [0, 0.05) is 24.5 Å². The Labute approximate surface area is 159 Å². The fourth-order valence-electron chi connectivity index (χ4n) is 3.71.